The second-order valence-corrected chi connectivity index (χ2v) is 14.2. The van der Waals surface area contributed by atoms with E-state index in [-0.39, 0.29) is 34.5 Å². The topological polar surface area (TPSA) is 117 Å². The maximum Gasteiger partial charge on any atom is 0.240 e. The van der Waals surface area contributed by atoms with E-state index in [1.54, 1.807) is 61.6 Å². The maximum atomic E-state index is 14.3. The number of ether oxygens (including phenoxy) is 1. The third-order valence-corrected chi connectivity index (χ3v) is 10.7. The number of halogens is 2. The number of hydrogen-bond acceptors (Lipinski definition) is 7. The molecule has 2 aliphatic rings. The van der Waals surface area contributed by atoms with Gasteiger partial charge in [-0.15, -0.1) is 0 Å². The third-order valence-electron chi connectivity index (χ3n) is 9.17. The molecule has 1 saturated carbocycles. The standard InChI is InChI=1S/C22H30FN3O3S.C14H17FO2/c1-24-21-9-5-8-20(23)19(21)11-10-17(14-25-15-22(16-27)12-13-22)26-30(28,29)18-6-3-2-4-7-18;15-13-3-1-11(2-4-13)14(5-8-16)12-6-9-17-10-7-12/h2-9,17,24-27H,10-16H2,1H3;1-4,8,12,14H,5-7,9-10H2/t17-;/m0./s1. The summed E-state index contributed by atoms with van der Waals surface area (Å²) in [5.41, 5.74) is 2.22. The van der Waals surface area contributed by atoms with Crippen molar-refractivity contribution in [1.82, 2.24) is 10.0 Å². The Labute approximate surface area is 277 Å². The van der Waals surface area contributed by atoms with Crippen LogP contribution in [0.4, 0.5) is 14.5 Å². The Morgan fingerprint density at radius 3 is 2.32 bits per heavy atom. The minimum atomic E-state index is -3.69. The molecule has 3 aromatic rings. The second-order valence-electron chi connectivity index (χ2n) is 12.5. The normalized spacial score (nSPS) is 17.2. The minimum absolute atomic E-state index is 0.0757. The summed E-state index contributed by atoms with van der Waals surface area (Å²) < 4.78 is 60.9. The largest absolute Gasteiger partial charge is 0.396 e. The number of aldehydes is 1. The first kappa shape index (κ1) is 36.6. The van der Waals surface area contributed by atoms with Crippen molar-refractivity contribution in [3.8, 4) is 0 Å². The molecule has 8 nitrogen and oxygen atoms in total. The van der Waals surface area contributed by atoms with Crippen molar-refractivity contribution in [1.29, 1.82) is 0 Å². The molecule has 1 aliphatic carbocycles. The van der Waals surface area contributed by atoms with Crippen LogP contribution in [0.5, 0.6) is 0 Å². The highest BCUT2D eigenvalue weighted by molar-refractivity contribution is 7.89. The van der Waals surface area contributed by atoms with Gasteiger partial charge in [-0.3, -0.25) is 0 Å². The molecule has 5 rings (SSSR count). The van der Waals surface area contributed by atoms with Crippen LogP contribution < -0.4 is 15.4 Å². The molecule has 0 aromatic heterocycles. The molecule has 11 heteroatoms. The first-order valence-corrected chi connectivity index (χ1v) is 17.8. The van der Waals surface area contributed by atoms with Crippen LogP contribution >= 0.6 is 0 Å². The van der Waals surface area contributed by atoms with Crippen molar-refractivity contribution in [2.24, 2.45) is 11.3 Å². The van der Waals surface area contributed by atoms with Gasteiger partial charge in [0.05, 0.1) is 4.90 Å². The zero-order valence-electron chi connectivity index (χ0n) is 27.0. The molecule has 4 N–H and O–H groups in total. The van der Waals surface area contributed by atoms with Gasteiger partial charge in [0.15, 0.2) is 0 Å². The quantitative estimate of drug-likeness (QED) is 0.150. The number of nitrogens with one attached hydrogen (secondary N) is 3. The van der Waals surface area contributed by atoms with Gasteiger partial charge in [0.1, 0.15) is 17.9 Å². The van der Waals surface area contributed by atoms with Gasteiger partial charge in [0.2, 0.25) is 10.0 Å². The molecule has 3 aromatic carbocycles. The molecule has 2 fully saturated rings. The first-order chi connectivity index (χ1) is 22.7. The predicted octanol–water partition coefficient (Wildman–Crippen LogP) is 5.43. The van der Waals surface area contributed by atoms with Crippen molar-refractivity contribution in [3.05, 3.63) is 95.6 Å². The fourth-order valence-corrected chi connectivity index (χ4v) is 7.36. The van der Waals surface area contributed by atoms with E-state index in [1.165, 1.54) is 18.2 Å². The summed E-state index contributed by atoms with van der Waals surface area (Å²) in [6, 6.07) is 19.2. The van der Waals surface area contributed by atoms with Crippen LogP contribution in [-0.4, -0.2) is 65.8 Å². The molecule has 2 atom stereocenters. The smallest absolute Gasteiger partial charge is 0.240 e. The van der Waals surface area contributed by atoms with Crippen molar-refractivity contribution in [2.45, 2.75) is 61.8 Å². The van der Waals surface area contributed by atoms with E-state index < -0.39 is 16.1 Å². The zero-order valence-corrected chi connectivity index (χ0v) is 27.8. The molecule has 256 valence electrons. The average molecular weight is 672 g/mol. The van der Waals surface area contributed by atoms with E-state index in [0.29, 0.717) is 49.5 Å². The number of benzene rings is 3. The first-order valence-electron chi connectivity index (χ1n) is 16.3. The molecule has 0 bridgehead atoms. The van der Waals surface area contributed by atoms with E-state index in [9.17, 15) is 27.1 Å². The molecule has 1 saturated heterocycles. The average Bonchev–Trinajstić information content (AvgIpc) is 3.88. The Bertz CT molecular complexity index is 1500. The number of aliphatic hydroxyl groups is 1. The van der Waals surface area contributed by atoms with E-state index in [4.69, 9.17) is 4.74 Å². The highest BCUT2D eigenvalue weighted by Gasteiger charge is 2.41. The second kappa shape index (κ2) is 17.8. The van der Waals surface area contributed by atoms with Gasteiger partial charge in [0, 0.05) is 69.1 Å². The number of rotatable bonds is 16. The van der Waals surface area contributed by atoms with Gasteiger partial charge < -0.3 is 25.3 Å². The van der Waals surface area contributed by atoms with Crippen LogP contribution in [0.1, 0.15) is 55.6 Å². The fraction of sp³-hybridized carbons (Fsp3) is 0.472. The molecule has 1 unspecified atom stereocenters. The third kappa shape index (κ3) is 10.9. The van der Waals surface area contributed by atoms with Crippen LogP contribution in [0.25, 0.3) is 0 Å². The van der Waals surface area contributed by atoms with Gasteiger partial charge in [-0.25, -0.2) is 21.9 Å². The van der Waals surface area contributed by atoms with Crippen molar-refractivity contribution in [2.75, 3.05) is 45.3 Å². The number of anilines is 1. The SMILES string of the molecule is CNc1cccc(F)c1CC[C@@H](CNCC1(CO)CC1)NS(=O)(=O)c1ccccc1.O=CCC(c1ccc(F)cc1)C1CCOCC1. The summed E-state index contributed by atoms with van der Waals surface area (Å²) in [5.74, 6) is 0.138. The highest BCUT2D eigenvalue weighted by Crippen LogP contribution is 2.44. The lowest BCUT2D eigenvalue weighted by Gasteiger charge is -2.29. The Morgan fingerprint density at radius 1 is 1.00 bits per heavy atom. The summed E-state index contributed by atoms with van der Waals surface area (Å²) in [4.78, 5) is 11.0. The lowest BCUT2D eigenvalue weighted by molar-refractivity contribution is -0.108. The van der Waals surface area contributed by atoms with E-state index in [1.807, 2.05) is 0 Å². The molecule has 47 heavy (non-hydrogen) atoms. The summed E-state index contributed by atoms with van der Waals surface area (Å²) in [6.07, 6.45) is 6.19. The predicted molar refractivity (Wildman–Crippen MR) is 180 cm³/mol. The van der Waals surface area contributed by atoms with E-state index >= 15 is 0 Å². The minimum Gasteiger partial charge on any atom is -0.396 e. The molecular weight excluding hydrogens is 624 g/mol. The maximum absolute atomic E-state index is 14.3. The number of carbonyl (C=O) groups excluding carboxylic acids is 1. The van der Waals surface area contributed by atoms with Crippen molar-refractivity contribution in [3.63, 3.8) is 0 Å². The Morgan fingerprint density at radius 2 is 1.70 bits per heavy atom. The monoisotopic (exact) mass is 671 g/mol. The fourth-order valence-electron chi connectivity index (χ4n) is 6.07. The molecule has 1 heterocycles. The van der Waals surface area contributed by atoms with Gasteiger partial charge >= 0.3 is 0 Å². The van der Waals surface area contributed by atoms with Crippen LogP contribution in [0, 0.1) is 23.0 Å². The van der Waals surface area contributed by atoms with Gasteiger partial charge in [0.25, 0.3) is 0 Å². The Kier molecular flexibility index (Phi) is 13.9. The van der Waals surface area contributed by atoms with Crippen LogP contribution in [0.2, 0.25) is 0 Å². The number of aliphatic hydroxyl groups excluding tert-OH is 1. The van der Waals surface area contributed by atoms with Crippen molar-refractivity contribution >= 4 is 22.0 Å². The van der Waals surface area contributed by atoms with Gasteiger partial charge in [-0.1, -0.05) is 36.4 Å². The molecule has 1 aliphatic heterocycles. The van der Waals surface area contributed by atoms with Crippen LogP contribution in [0.15, 0.2) is 77.7 Å². The number of hydrogen-bond donors (Lipinski definition) is 4. The highest BCUT2D eigenvalue weighted by atomic mass is 32.2. The molecule has 0 radical (unpaired) electrons. The zero-order chi connectivity index (χ0) is 33.7. The molecule has 0 spiro atoms. The molecule has 0 amide bonds. The number of sulfonamides is 1. The molecular formula is C36H47F2N3O5S. The Balaban J connectivity index is 0.000000248. The summed E-state index contributed by atoms with van der Waals surface area (Å²) in [5, 5.41) is 15.8. The van der Waals surface area contributed by atoms with Crippen LogP contribution in [-0.2, 0) is 26.0 Å². The van der Waals surface area contributed by atoms with Gasteiger partial charge in [-0.05, 0) is 92.3 Å². The summed E-state index contributed by atoms with van der Waals surface area (Å²) in [6.45, 7) is 2.69. The Hall–Kier alpha value is -3.22. The summed E-state index contributed by atoms with van der Waals surface area (Å²) >= 11 is 0. The van der Waals surface area contributed by atoms with E-state index in [0.717, 1.165) is 50.7 Å². The van der Waals surface area contributed by atoms with Crippen LogP contribution in [0.3, 0.4) is 0 Å². The summed E-state index contributed by atoms with van der Waals surface area (Å²) in [7, 11) is -1.96. The number of carbonyl (C=O) groups is 1. The van der Waals surface area contributed by atoms with Crippen molar-refractivity contribution < 1.29 is 31.8 Å². The lowest BCUT2D eigenvalue weighted by atomic mass is 9.80. The van der Waals surface area contributed by atoms with Gasteiger partial charge in [-0.2, -0.15) is 0 Å². The lowest BCUT2D eigenvalue weighted by Crippen LogP contribution is -2.43. The van der Waals surface area contributed by atoms with E-state index in [2.05, 4.69) is 15.4 Å².